The van der Waals surface area contributed by atoms with Crippen LogP contribution in [0.5, 0.6) is 0 Å². The minimum absolute atomic E-state index is 0.00678. The van der Waals surface area contributed by atoms with Crippen LogP contribution in [0.3, 0.4) is 0 Å². The van der Waals surface area contributed by atoms with Crippen LogP contribution in [0, 0.1) is 0 Å². The highest BCUT2D eigenvalue weighted by Crippen LogP contribution is 2.27. The van der Waals surface area contributed by atoms with Crippen LogP contribution in [0.15, 0.2) is 77.6 Å². The van der Waals surface area contributed by atoms with Crippen molar-refractivity contribution in [3.05, 3.63) is 111 Å². The molecule has 1 aromatic heterocycles. The molecule has 0 aliphatic heterocycles. The first-order valence-electron chi connectivity index (χ1n) is 11.7. The van der Waals surface area contributed by atoms with Crippen molar-refractivity contribution in [3.8, 4) is 0 Å². The Labute approximate surface area is 211 Å². The molecular weight excluding hydrogens is 458 g/mol. The summed E-state index contributed by atoms with van der Waals surface area (Å²) in [6, 6.07) is 22.2. The number of aromatic nitrogens is 2. The molecule has 35 heavy (non-hydrogen) atoms. The second-order valence-electron chi connectivity index (χ2n) is 9.92. The van der Waals surface area contributed by atoms with E-state index >= 15 is 0 Å². The lowest BCUT2D eigenvalue weighted by Gasteiger charge is -2.30. The van der Waals surface area contributed by atoms with Crippen molar-refractivity contribution >= 4 is 28.4 Å². The lowest BCUT2D eigenvalue weighted by Crippen LogP contribution is -2.37. The molecule has 0 aliphatic carbocycles. The Balaban J connectivity index is 1.79. The Morgan fingerprint density at radius 3 is 2.31 bits per heavy atom. The van der Waals surface area contributed by atoms with Crippen molar-refractivity contribution in [1.29, 1.82) is 0 Å². The lowest BCUT2D eigenvalue weighted by molar-refractivity contribution is 0.0663. The van der Waals surface area contributed by atoms with E-state index in [1.165, 1.54) is 4.57 Å². The van der Waals surface area contributed by atoms with Gasteiger partial charge in [-0.25, -0.2) is 4.98 Å². The summed E-state index contributed by atoms with van der Waals surface area (Å²) in [7, 11) is 1.69. The molecule has 0 radical (unpaired) electrons. The first-order chi connectivity index (χ1) is 16.6. The molecule has 0 N–H and O–H groups in total. The Hall–Kier alpha value is -3.44. The van der Waals surface area contributed by atoms with Crippen molar-refractivity contribution in [2.45, 2.75) is 45.7 Å². The highest BCUT2D eigenvalue weighted by atomic mass is 35.5. The van der Waals surface area contributed by atoms with Crippen LogP contribution in [0.4, 0.5) is 0 Å². The van der Waals surface area contributed by atoms with Gasteiger partial charge in [0.05, 0.1) is 16.9 Å². The number of carbonyl (C=O) groups excluding carboxylic acids is 1. The Kier molecular flexibility index (Phi) is 6.82. The third-order valence-electron chi connectivity index (χ3n) is 6.37. The van der Waals surface area contributed by atoms with Gasteiger partial charge in [-0.3, -0.25) is 14.2 Å². The number of rotatable bonds is 5. The second-order valence-corrected chi connectivity index (χ2v) is 10.4. The van der Waals surface area contributed by atoms with Crippen LogP contribution in [0.25, 0.3) is 10.9 Å². The number of hydrogen-bond donors (Lipinski definition) is 0. The summed E-state index contributed by atoms with van der Waals surface area (Å²) in [5.74, 6) is 0.377. The molecule has 0 saturated heterocycles. The molecule has 0 fully saturated rings. The van der Waals surface area contributed by atoms with Gasteiger partial charge in [-0.05, 0) is 53.8 Å². The van der Waals surface area contributed by atoms with E-state index in [1.54, 1.807) is 30.1 Å². The maximum atomic E-state index is 13.8. The fraction of sp³-hybridized carbons (Fsp3) is 0.276. The number of hydrogen-bond acceptors (Lipinski definition) is 3. The maximum absolute atomic E-state index is 13.8. The summed E-state index contributed by atoms with van der Waals surface area (Å²) in [6.07, 6.45) is 0. The minimum atomic E-state index is -0.467. The summed E-state index contributed by atoms with van der Waals surface area (Å²) >= 11 is 6.17. The molecule has 0 bridgehead atoms. The van der Waals surface area contributed by atoms with E-state index in [9.17, 15) is 9.59 Å². The summed E-state index contributed by atoms with van der Waals surface area (Å²) in [6.45, 7) is 8.72. The quantitative estimate of drug-likeness (QED) is 0.332. The highest BCUT2D eigenvalue weighted by Gasteiger charge is 2.27. The Morgan fingerprint density at radius 2 is 1.69 bits per heavy atom. The summed E-state index contributed by atoms with van der Waals surface area (Å²) in [5, 5.41) is 1.000. The molecule has 1 unspecified atom stereocenters. The van der Waals surface area contributed by atoms with Crippen molar-refractivity contribution in [1.82, 2.24) is 14.5 Å². The molecule has 0 aliphatic rings. The molecule has 3 aromatic carbocycles. The van der Waals surface area contributed by atoms with Gasteiger partial charge in [0.1, 0.15) is 5.82 Å². The third kappa shape index (κ3) is 5.15. The molecule has 1 atom stereocenters. The van der Waals surface area contributed by atoms with E-state index in [4.69, 9.17) is 16.6 Å². The first-order valence-corrected chi connectivity index (χ1v) is 12.1. The number of amides is 1. The molecule has 6 heteroatoms. The van der Waals surface area contributed by atoms with E-state index in [-0.39, 0.29) is 16.9 Å². The van der Waals surface area contributed by atoms with Crippen molar-refractivity contribution in [2.24, 2.45) is 7.05 Å². The molecule has 0 spiro atoms. The van der Waals surface area contributed by atoms with E-state index in [2.05, 4.69) is 20.8 Å². The summed E-state index contributed by atoms with van der Waals surface area (Å²) in [4.78, 5) is 33.5. The zero-order chi connectivity index (χ0) is 25.3. The predicted octanol–water partition coefficient (Wildman–Crippen LogP) is 6.29. The third-order valence-corrected chi connectivity index (χ3v) is 6.60. The maximum Gasteiger partial charge on any atom is 0.261 e. The van der Waals surface area contributed by atoms with Gasteiger partial charge in [0, 0.05) is 24.2 Å². The minimum Gasteiger partial charge on any atom is -0.324 e. The van der Waals surface area contributed by atoms with Gasteiger partial charge in [0.25, 0.3) is 11.5 Å². The smallest absolute Gasteiger partial charge is 0.261 e. The van der Waals surface area contributed by atoms with Gasteiger partial charge in [0.2, 0.25) is 0 Å². The SMILES string of the molecule is CC(c1nc2cc(Cl)ccc2c(=O)n1C)N(Cc1ccccc1)C(=O)c1ccc(C(C)(C)C)cc1. The standard InChI is InChI=1S/C29H30ClN3O2/c1-19(26-31-25-17-23(30)15-16-24(25)28(35)32(26)5)33(18-20-9-7-6-8-10-20)27(34)21-11-13-22(14-12-21)29(2,3)4/h6-17,19H,18H2,1-5H3. The van der Waals surface area contributed by atoms with Gasteiger partial charge >= 0.3 is 0 Å². The number of carbonyl (C=O) groups is 1. The highest BCUT2D eigenvalue weighted by molar-refractivity contribution is 6.31. The van der Waals surface area contributed by atoms with Gasteiger partial charge < -0.3 is 4.90 Å². The second kappa shape index (κ2) is 9.67. The largest absolute Gasteiger partial charge is 0.324 e. The number of nitrogens with zero attached hydrogens (tertiary/aromatic N) is 3. The van der Waals surface area contributed by atoms with Gasteiger partial charge in [-0.15, -0.1) is 0 Å². The average molecular weight is 488 g/mol. The molecule has 1 heterocycles. The zero-order valence-electron chi connectivity index (χ0n) is 20.7. The van der Waals surface area contributed by atoms with Crippen LogP contribution in [0.2, 0.25) is 5.02 Å². The van der Waals surface area contributed by atoms with Crippen LogP contribution >= 0.6 is 11.6 Å². The van der Waals surface area contributed by atoms with Crippen molar-refractivity contribution < 1.29 is 4.79 Å². The normalized spacial score (nSPS) is 12.5. The lowest BCUT2D eigenvalue weighted by atomic mass is 9.86. The average Bonchev–Trinajstić information content (AvgIpc) is 2.84. The van der Waals surface area contributed by atoms with Crippen LogP contribution in [-0.2, 0) is 19.0 Å². The van der Waals surface area contributed by atoms with Crippen molar-refractivity contribution in [3.63, 3.8) is 0 Å². The molecule has 0 saturated carbocycles. The van der Waals surface area contributed by atoms with E-state index < -0.39 is 6.04 Å². The zero-order valence-corrected chi connectivity index (χ0v) is 21.5. The van der Waals surface area contributed by atoms with Gasteiger partial charge in [-0.1, -0.05) is 74.8 Å². The van der Waals surface area contributed by atoms with E-state index in [0.29, 0.717) is 33.9 Å². The van der Waals surface area contributed by atoms with Crippen LogP contribution < -0.4 is 5.56 Å². The monoisotopic (exact) mass is 487 g/mol. The van der Waals surface area contributed by atoms with E-state index in [0.717, 1.165) is 11.1 Å². The fourth-order valence-electron chi connectivity index (χ4n) is 4.22. The van der Waals surface area contributed by atoms with Gasteiger partial charge in [-0.2, -0.15) is 0 Å². The molecule has 4 aromatic rings. The number of fused-ring (bicyclic) bond motifs is 1. The molecule has 4 rings (SSSR count). The fourth-order valence-corrected chi connectivity index (χ4v) is 4.38. The van der Waals surface area contributed by atoms with Crippen LogP contribution in [-0.4, -0.2) is 20.4 Å². The van der Waals surface area contributed by atoms with Crippen molar-refractivity contribution in [2.75, 3.05) is 0 Å². The number of benzene rings is 3. The molecule has 1 amide bonds. The summed E-state index contributed by atoms with van der Waals surface area (Å²) in [5.41, 5.74) is 3.08. The first kappa shape index (κ1) is 24.7. The van der Waals surface area contributed by atoms with Gasteiger partial charge in [0.15, 0.2) is 0 Å². The van der Waals surface area contributed by atoms with Crippen LogP contribution in [0.1, 0.15) is 61.0 Å². The Morgan fingerprint density at radius 1 is 1.03 bits per heavy atom. The Bertz CT molecular complexity index is 1420. The number of halogens is 1. The topological polar surface area (TPSA) is 55.2 Å². The molecule has 5 nitrogen and oxygen atoms in total. The molecular formula is C29H30ClN3O2. The van der Waals surface area contributed by atoms with E-state index in [1.807, 2.05) is 61.5 Å². The predicted molar refractivity (Wildman–Crippen MR) is 142 cm³/mol. The molecule has 180 valence electrons. The summed E-state index contributed by atoms with van der Waals surface area (Å²) < 4.78 is 1.52.